The molecule has 5 nitrogen and oxygen atoms in total. The van der Waals surface area contributed by atoms with Crippen molar-refractivity contribution in [2.75, 3.05) is 7.11 Å². The highest BCUT2D eigenvalue weighted by atomic mass is 16.5. The second kappa shape index (κ2) is 6.29. The third kappa shape index (κ3) is 2.73. The molecule has 5 aromatic rings. The molecule has 0 atom stereocenters. The van der Waals surface area contributed by atoms with E-state index in [0.29, 0.717) is 0 Å². The molecule has 0 saturated heterocycles. The predicted molar refractivity (Wildman–Crippen MR) is 106 cm³/mol. The molecular formula is C22H18N4O. The molecule has 0 unspecified atom stereocenters. The number of rotatable bonds is 4. The van der Waals surface area contributed by atoms with Gasteiger partial charge in [-0.05, 0) is 42.0 Å². The minimum absolute atomic E-state index is 0.129. The topological polar surface area (TPSA) is 66.6 Å². The first-order chi connectivity index (χ1) is 13.3. The summed E-state index contributed by atoms with van der Waals surface area (Å²) < 4.78 is 5.31. The van der Waals surface area contributed by atoms with Crippen LogP contribution < -0.4 is 4.74 Å². The van der Waals surface area contributed by atoms with Gasteiger partial charge in [-0.1, -0.05) is 36.4 Å². The first kappa shape index (κ1) is 15.6. The Labute approximate surface area is 156 Å². The van der Waals surface area contributed by atoms with Gasteiger partial charge >= 0.3 is 0 Å². The van der Waals surface area contributed by atoms with Crippen molar-refractivity contribution in [3.8, 4) is 5.75 Å². The summed E-state index contributed by atoms with van der Waals surface area (Å²) >= 11 is 0. The molecular weight excluding hydrogens is 336 g/mol. The first-order valence-corrected chi connectivity index (χ1v) is 8.85. The molecule has 0 amide bonds. The van der Waals surface area contributed by atoms with Crippen molar-refractivity contribution in [1.82, 2.24) is 19.9 Å². The van der Waals surface area contributed by atoms with Crippen molar-refractivity contribution in [1.29, 1.82) is 0 Å². The van der Waals surface area contributed by atoms with Crippen LogP contribution >= 0.6 is 0 Å². The molecule has 0 radical (unpaired) electrons. The molecule has 3 aromatic carbocycles. The van der Waals surface area contributed by atoms with Gasteiger partial charge < -0.3 is 14.7 Å². The van der Waals surface area contributed by atoms with Crippen LogP contribution in [0, 0.1) is 0 Å². The van der Waals surface area contributed by atoms with E-state index in [-0.39, 0.29) is 5.92 Å². The summed E-state index contributed by atoms with van der Waals surface area (Å²) in [4.78, 5) is 16.6. The van der Waals surface area contributed by atoms with Crippen LogP contribution in [-0.2, 0) is 0 Å². The molecule has 5 rings (SSSR count). The summed E-state index contributed by atoms with van der Waals surface area (Å²) in [5.41, 5.74) is 5.02. The van der Waals surface area contributed by atoms with E-state index in [0.717, 1.165) is 45.0 Å². The van der Waals surface area contributed by atoms with Crippen molar-refractivity contribution >= 4 is 22.1 Å². The molecule has 0 bridgehead atoms. The highest BCUT2D eigenvalue weighted by molar-refractivity contribution is 5.76. The standard InChI is InChI=1S/C22H18N4O/c1-27-15-12-10-14(11-13-15)20(21-23-16-6-2-3-7-17(16)24-21)22-25-18-8-4-5-9-19(18)26-22/h2-13,20H,1H3,(H,23,24)(H,25,26). The lowest BCUT2D eigenvalue weighted by Gasteiger charge is -2.13. The van der Waals surface area contributed by atoms with Crippen LogP contribution in [0.5, 0.6) is 5.75 Å². The molecule has 0 aliphatic carbocycles. The van der Waals surface area contributed by atoms with Crippen LogP contribution in [-0.4, -0.2) is 27.0 Å². The zero-order valence-electron chi connectivity index (χ0n) is 14.8. The highest BCUT2D eigenvalue weighted by Crippen LogP contribution is 2.32. The normalized spacial score (nSPS) is 11.5. The number of ether oxygens (including phenoxy) is 1. The van der Waals surface area contributed by atoms with Gasteiger partial charge in [-0.25, -0.2) is 9.97 Å². The van der Waals surface area contributed by atoms with E-state index in [2.05, 4.69) is 22.1 Å². The number of nitrogens with one attached hydrogen (secondary N) is 2. The van der Waals surface area contributed by atoms with Crippen LogP contribution in [0.3, 0.4) is 0 Å². The van der Waals surface area contributed by atoms with Crippen LogP contribution in [0.2, 0.25) is 0 Å². The third-order valence-corrected chi connectivity index (χ3v) is 4.81. The Morgan fingerprint density at radius 3 is 1.70 bits per heavy atom. The average molecular weight is 354 g/mol. The molecule has 0 spiro atoms. The lowest BCUT2D eigenvalue weighted by atomic mass is 9.97. The summed E-state index contributed by atoms with van der Waals surface area (Å²) in [6.07, 6.45) is 0. The van der Waals surface area contributed by atoms with Crippen LogP contribution in [0.25, 0.3) is 22.1 Å². The van der Waals surface area contributed by atoms with Crippen molar-refractivity contribution in [3.63, 3.8) is 0 Å². The van der Waals surface area contributed by atoms with Crippen molar-refractivity contribution < 1.29 is 4.74 Å². The Morgan fingerprint density at radius 2 is 1.22 bits per heavy atom. The maximum atomic E-state index is 5.31. The van der Waals surface area contributed by atoms with Crippen molar-refractivity contribution in [2.24, 2.45) is 0 Å². The summed E-state index contributed by atoms with van der Waals surface area (Å²) in [6, 6.07) is 24.2. The van der Waals surface area contributed by atoms with Gasteiger partial charge in [0, 0.05) is 0 Å². The number of methoxy groups -OCH3 is 1. The average Bonchev–Trinajstić information content (AvgIpc) is 3.32. The molecule has 2 N–H and O–H groups in total. The molecule has 0 saturated carbocycles. The van der Waals surface area contributed by atoms with E-state index in [1.54, 1.807) is 7.11 Å². The molecule has 27 heavy (non-hydrogen) atoms. The van der Waals surface area contributed by atoms with Crippen LogP contribution in [0.4, 0.5) is 0 Å². The van der Waals surface area contributed by atoms with Gasteiger partial charge in [0.2, 0.25) is 0 Å². The molecule has 132 valence electrons. The number of hydrogen-bond donors (Lipinski definition) is 2. The van der Waals surface area contributed by atoms with Gasteiger partial charge in [0.15, 0.2) is 0 Å². The SMILES string of the molecule is COc1ccc(C(c2nc3ccccc3[nH]2)c2nc3ccccc3[nH]2)cc1. The fourth-order valence-corrected chi connectivity index (χ4v) is 3.46. The monoisotopic (exact) mass is 354 g/mol. The maximum Gasteiger partial charge on any atom is 0.122 e. The summed E-state index contributed by atoms with van der Waals surface area (Å²) in [6.45, 7) is 0. The minimum atomic E-state index is -0.129. The first-order valence-electron chi connectivity index (χ1n) is 8.85. The number of aromatic nitrogens is 4. The van der Waals surface area contributed by atoms with Gasteiger partial charge in [0.05, 0.1) is 29.2 Å². The molecule has 0 aliphatic heterocycles. The number of benzene rings is 3. The summed E-state index contributed by atoms with van der Waals surface area (Å²) in [5, 5.41) is 0. The summed E-state index contributed by atoms with van der Waals surface area (Å²) in [5.74, 6) is 2.42. The quantitative estimate of drug-likeness (QED) is 0.494. The Balaban J connectivity index is 1.70. The molecule has 2 aromatic heterocycles. The van der Waals surface area contributed by atoms with E-state index < -0.39 is 0 Å². The highest BCUT2D eigenvalue weighted by Gasteiger charge is 2.24. The summed E-state index contributed by atoms with van der Waals surface area (Å²) in [7, 11) is 1.67. The Bertz CT molecular complexity index is 1080. The third-order valence-electron chi connectivity index (χ3n) is 4.81. The lowest BCUT2D eigenvalue weighted by Crippen LogP contribution is -2.07. The smallest absolute Gasteiger partial charge is 0.122 e. The number of para-hydroxylation sites is 4. The fraction of sp³-hybridized carbons (Fsp3) is 0.0909. The fourth-order valence-electron chi connectivity index (χ4n) is 3.46. The van der Waals surface area contributed by atoms with Crippen molar-refractivity contribution in [3.05, 3.63) is 90.0 Å². The number of aromatic amines is 2. The van der Waals surface area contributed by atoms with Crippen LogP contribution in [0.15, 0.2) is 72.8 Å². The van der Waals surface area contributed by atoms with Gasteiger partial charge in [0.1, 0.15) is 23.3 Å². The Morgan fingerprint density at radius 1 is 0.704 bits per heavy atom. The van der Waals surface area contributed by atoms with E-state index >= 15 is 0 Å². The molecule has 5 heteroatoms. The van der Waals surface area contributed by atoms with E-state index in [9.17, 15) is 0 Å². The number of imidazole rings is 2. The predicted octanol–water partition coefficient (Wildman–Crippen LogP) is 4.63. The van der Waals surface area contributed by atoms with Gasteiger partial charge in [-0.2, -0.15) is 0 Å². The minimum Gasteiger partial charge on any atom is -0.497 e. The zero-order valence-corrected chi connectivity index (χ0v) is 14.8. The number of H-pyrrole nitrogens is 2. The Hall–Kier alpha value is -3.60. The van der Waals surface area contributed by atoms with Gasteiger partial charge in [0.25, 0.3) is 0 Å². The van der Waals surface area contributed by atoms with Crippen LogP contribution in [0.1, 0.15) is 23.1 Å². The number of nitrogens with zero attached hydrogens (tertiary/aromatic N) is 2. The number of fused-ring (bicyclic) bond motifs is 2. The second-order valence-corrected chi connectivity index (χ2v) is 6.48. The Kier molecular flexibility index (Phi) is 3.64. The molecule has 0 fully saturated rings. The number of hydrogen-bond acceptors (Lipinski definition) is 3. The molecule has 0 aliphatic rings. The largest absolute Gasteiger partial charge is 0.497 e. The van der Waals surface area contributed by atoms with E-state index in [4.69, 9.17) is 14.7 Å². The lowest BCUT2D eigenvalue weighted by molar-refractivity contribution is 0.414. The molecule has 2 heterocycles. The van der Waals surface area contributed by atoms with Gasteiger partial charge in [-0.15, -0.1) is 0 Å². The van der Waals surface area contributed by atoms with Crippen molar-refractivity contribution in [2.45, 2.75) is 5.92 Å². The maximum absolute atomic E-state index is 5.31. The van der Waals surface area contributed by atoms with E-state index in [1.807, 2.05) is 60.7 Å². The van der Waals surface area contributed by atoms with E-state index in [1.165, 1.54) is 0 Å². The zero-order chi connectivity index (χ0) is 18.2. The second-order valence-electron chi connectivity index (χ2n) is 6.48. The van der Waals surface area contributed by atoms with Gasteiger partial charge in [-0.3, -0.25) is 0 Å².